The van der Waals surface area contributed by atoms with Gasteiger partial charge in [0, 0.05) is 0 Å². The van der Waals surface area contributed by atoms with Crippen LogP contribution in [0.1, 0.15) is 27.0 Å². The third kappa shape index (κ3) is 3.06. The average molecular weight is 300 g/mol. The second kappa shape index (κ2) is 6.52. The molecule has 0 fully saturated rings. The van der Waals surface area contributed by atoms with E-state index in [2.05, 4.69) is 0 Å². The number of carbonyl (C=O) groups excluding carboxylic acids is 1. The molecule has 0 aliphatic carbocycles. The normalized spacial score (nSPS) is 10.2. The summed E-state index contributed by atoms with van der Waals surface area (Å²) in [5.41, 5.74) is 3.32. The van der Waals surface area contributed by atoms with Crippen LogP contribution in [-0.2, 0) is 0 Å². The molecule has 0 saturated heterocycles. The Hall–Kier alpha value is -2.49. The summed E-state index contributed by atoms with van der Waals surface area (Å²) >= 11 is 0. The Morgan fingerprint density at radius 3 is 2.09 bits per heavy atom. The predicted molar refractivity (Wildman–Crippen MR) is 85.2 cm³/mol. The van der Waals surface area contributed by atoms with Crippen LogP contribution in [-0.4, -0.2) is 20.2 Å². The van der Waals surface area contributed by atoms with Gasteiger partial charge in [-0.15, -0.1) is 0 Å². The number of aryl methyl sites for hydroxylation is 3. The Labute approximate surface area is 130 Å². The quantitative estimate of drug-likeness (QED) is 0.635. The first-order valence-corrected chi connectivity index (χ1v) is 6.99. The lowest BCUT2D eigenvalue weighted by Gasteiger charge is -2.14. The Morgan fingerprint density at radius 1 is 0.909 bits per heavy atom. The molecule has 2 aromatic carbocycles. The zero-order valence-corrected chi connectivity index (χ0v) is 13.5. The minimum atomic E-state index is -0.467. The molecule has 0 atom stereocenters. The van der Waals surface area contributed by atoms with E-state index in [1.165, 1.54) is 14.2 Å². The van der Waals surface area contributed by atoms with E-state index >= 15 is 0 Å². The number of ether oxygens (including phenoxy) is 3. The van der Waals surface area contributed by atoms with E-state index in [1.54, 1.807) is 18.2 Å². The Balaban J connectivity index is 2.39. The highest BCUT2D eigenvalue weighted by molar-refractivity contribution is 5.95. The third-order valence-corrected chi connectivity index (χ3v) is 3.42. The van der Waals surface area contributed by atoms with Gasteiger partial charge in [0.2, 0.25) is 0 Å². The molecule has 4 nitrogen and oxygen atoms in total. The lowest BCUT2D eigenvalue weighted by molar-refractivity contribution is 0.0728. The van der Waals surface area contributed by atoms with Gasteiger partial charge in [0.25, 0.3) is 0 Å². The fourth-order valence-electron chi connectivity index (χ4n) is 2.52. The van der Waals surface area contributed by atoms with Crippen molar-refractivity contribution in [1.29, 1.82) is 0 Å². The zero-order chi connectivity index (χ0) is 16.3. The smallest absolute Gasteiger partial charge is 0.347 e. The highest BCUT2D eigenvalue weighted by Crippen LogP contribution is 2.32. The molecule has 4 heteroatoms. The largest absolute Gasteiger partial charge is 0.493 e. The highest BCUT2D eigenvalue weighted by atomic mass is 16.5. The Morgan fingerprint density at radius 2 is 1.55 bits per heavy atom. The van der Waals surface area contributed by atoms with Crippen molar-refractivity contribution in [3.63, 3.8) is 0 Å². The van der Waals surface area contributed by atoms with Gasteiger partial charge >= 0.3 is 5.97 Å². The molecular formula is C18H20O4. The molecule has 22 heavy (non-hydrogen) atoms. The fraction of sp³-hybridized carbons (Fsp3) is 0.278. The van der Waals surface area contributed by atoms with Crippen LogP contribution in [0.15, 0.2) is 30.3 Å². The van der Waals surface area contributed by atoms with Crippen molar-refractivity contribution in [2.75, 3.05) is 14.2 Å². The van der Waals surface area contributed by atoms with Gasteiger partial charge in [-0.2, -0.15) is 0 Å². The molecule has 0 saturated carbocycles. The van der Waals surface area contributed by atoms with Gasteiger partial charge in [-0.25, -0.2) is 4.79 Å². The lowest BCUT2D eigenvalue weighted by Crippen LogP contribution is -2.12. The van der Waals surface area contributed by atoms with E-state index in [0.717, 1.165) is 16.7 Å². The predicted octanol–water partition coefficient (Wildman–Crippen LogP) is 3.85. The lowest BCUT2D eigenvalue weighted by atomic mass is 10.1. The van der Waals surface area contributed by atoms with E-state index in [4.69, 9.17) is 14.2 Å². The third-order valence-electron chi connectivity index (χ3n) is 3.42. The van der Waals surface area contributed by atoms with Gasteiger partial charge in [-0.3, -0.25) is 0 Å². The van der Waals surface area contributed by atoms with Crippen molar-refractivity contribution in [1.82, 2.24) is 0 Å². The van der Waals surface area contributed by atoms with E-state index in [-0.39, 0.29) is 0 Å². The van der Waals surface area contributed by atoms with Crippen LogP contribution in [0.3, 0.4) is 0 Å². The summed E-state index contributed by atoms with van der Waals surface area (Å²) in [6.07, 6.45) is 0. The first kappa shape index (κ1) is 15.9. The van der Waals surface area contributed by atoms with Crippen molar-refractivity contribution in [3.05, 3.63) is 52.6 Å². The summed E-state index contributed by atoms with van der Waals surface area (Å²) in [5, 5.41) is 0. The number of hydrogen-bond acceptors (Lipinski definition) is 4. The number of para-hydroxylation sites is 1. The van der Waals surface area contributed by atoms with Gasteiger partial charge in [0.05, 0.1) is 14.2 Å². The van der Waals surface area contributed by atoms with E-state index in [1.807, 2.05) is 32.9 Å². The molecule has 0 bridgehead atoms. The molecule has 2 aromatic rings. The van der Waals surface area contributed by atoms with Crippen molar-refractivity contribution in [2.24, 2.45) is 0 Å². The molecule has 0 amide bonds. The summed E-state index contributed by atoms with van der Waals surface area (Å²) < 4.78 is 16.1. The minimum Gasteiger partial charge on any atom is -0.493 e. The molecule has 0 aliphatic rings. The standard InChI is InChI=1S/C18H20O4/c1-11-9-12(2)16(13(3)10-11)22-18(19)14-7-6-8-15(20-4)17(14)21-5/h6-10H,1-5H3. The van der Waals surface area contributed by atoms with Crippen molar-refractivity contribution < 1.29 is 19.0 Å². The molecule has 0 N–H and O–H groups in total. The molecule has 2 rings (SSSR count). The van der Waals surface area contributed by atoms with Crippen molar-refractivity contribution in [3.8, 4) is 17.2 Å². The molecule has 0 aliphatic heterocycles. The number of carbonyl (C=O) groups is 1. The molecule has 0 heterocycles. The number of esters is 1. The van der Waals surface area contributed by atoms with Crippen LogP contribution in [0, 0.1) is 20.8 Å². The summed E-state index contributed by atoms with van der Waals surface area (Å²) in [6, 6.07) is 9.09. The summed E-state index contributed by atoms with van der Waals surface area (Å²) in [7, 11) is 3.03. The zero-order valence-electron chi connectivity index (χ0n) is 13.5. The van der Waals surface area contributed by atoms with Crippen molar-refractivity contribution >= 4 is 5.97 Å². The van der Waals surface area contributed by atoms with E-state index < -0.39 is 5.97 Å². The molecular weight excluding hydrogens is 280 g/mol. The maximum Gasteiger partial charge on any atom is 0.347 e. The topological polar surface area (TPSA) is 44.8 Å². The monoisotopic (exact) mass is 300 g/mol. The van der Waals surface area contributed by atoms with Crippen LogP contribution in [0.25, 0.3) is 0 Å². The maximum atomic E-state index is 12.5. The first-order chi connectivity index (χ1) is 10.5. The minimum absolute atomic E-state index is 0.334. The van der Waals surface area contributed by atoms with Gasteiger partial charge in [0.1, 0.15) is 11.3 Å². The molecule has 0 unspecified atom stereocenters. The average Bonchev–Trinajstić information content (AvgIpc) is 2.49. The van der Waals surface area contributed by atoms with Gasteiger partial charge in [-0.1, -0.05) is 23.8 Å². The Bertz CT molecular complexity index is 681. The van der Waals surface area contributed by atoms with Crippen LogP contribution in [0.2, 0.25) is 0 Å². The van der Waals surface area contributed by atoms with Gasteiger partial charge in [0.15, 0.2) is 11.5 Å². The summed E-state index contributed by atoms with van der Waals surface area (Å²) in [6.45, 7) is 5.85. The number of rotatable bonds is 4. The van der Waals surface area contributed by atoms with Crippen LogP contribution >= 0.6 is 0 Å². The molecule has 116 valence electrons. The summed E-state index contributed by atoms with van der Waals surface area (Å²) in [4.78, 5) is 12.5. The van der Waals surface area contributed by atoms with E-state index in [0.29, 0.717) is 22.8 Å². The molecule has 0 aromatic heterocycles. The van der Waals surface area contributed by atoms with Crippen LogP contribution in [0.4, 0.5) is 0 Å². The Kier molecular flexibility index (Phi) is 4.71. The fourth-order valence-corrected chi connectivity index (χ4v) is 2.52. The van der Waals surface area contributed by atoms with Gasteiger partial charge < -0.3 is 14.2 Å². The highest BCUT2D eigenvalue weighted by Gasteiger charge is 2.19. The molecule has 0 spiro atoms. The number of benzene rings is 2. The van der Waals surface area contributed by atoms with Crippen LogP contribution in [0.5, 0.6) is 17.2 Å². The first-order valence-electron chi connectivity index (χ1n) is 6.99. The maximum absolute atomic E-state index is 12.5. The summed E-state index contributed by atoms with van der Waals surface area (Å²) in [5.74, 6) is 0.984. The van der Waals surface area contributed by atoms with E-state index in [9.17, 15) is 4.79 Å². The van der Waals surface area contributed by atoms with Crippen molar-refractivity contribution in [2.45, 2.75) is 20.8 Å². The second-order valence-electron chi connectivity index (χ2n) is 5.16. The molecule has 0 radical (unpaired) electrons. The van der Waals surface area contributed by atoms with Crippen LogP contribution < -0.4 is 14.2 Å². The second-order valence-corrected chi connectivity index (χ2v) is 5.16. The SMILES string of the molecule is COc1cccc(C(=O)Oc2c(C)cc(C)cc2C)c1OC. The number of hydrogen-bond donors (Lipinski definition) is 0. The number of methoxy groups -OCH3 is 2. The van der Waals surface area contributed by atoms with Gasteiger partial charge in [-0.05, 0) is 44.0 Å².